The minimum absolute atomic E-state index is 0.169. The van der Waals surface area contributed by atoms with Gasteiger partial charge in [-0.05, 0) is 73.4 Å². The molecular formula is C26H26N2O4S. The summed E-state index contributed by atoms with van der Waals surface area (Å²) in [6.07, 6.45) is 1.92. The summed E-state index contributed by atoms with van der Waals surface area (Å²) in [6, 6.07) is 22.5. The number of sulfone groups is 1. The zero-order valence-corrected chi connectivity index (χ0v) is 19.5. The second-order valence-corrected chi connectivity index (χ2v) is 10.4. The average Bonchev–Trinajstić information content (AvgIpc) is 3.62. The maximum atomic E-state index is 13.0. The monoisotopic (exact) mass is 462 g/mol. The van der Waals surface area contributed by atoms with Crippen LogP contribution in [0.5, 0.6) is 0 Å². The average molecular weight is 463 g/mol. The van der Waals surface area contributed by atoms with Crippen LogP contribution in [0.1, 0.15) is 30.1 Å². The summed E-state index contributed by atoms with van der Waals surface area (Å²) in [5, 5.41) is 0. The largest absolute Gasteiger partial charge is 0.311 e. The van der Waals surface area contributed by atoms with E-state index in [0.29, 0.717) is 16.9 Å². The van der Waals surface area contributed by atoms with Crippen molar-refractivity contribution in [2.45, 2.75) is 24.7 Å². The van der Waals surface area contributed by atoms with Crippen molar-refractivity contribution in [3.8, 4) is 0 Å². The Hall–Kier alpha value is -3.45. The van der Waals surface area contributed by atoms with Crippen LogP contribution in [0.15, 0.2) is 83.8 Å². The maximum absolute atomic E-state index is 13.0. The molecule has 0 atom stereocenters. The van der Waals surface area contributed by atoms with E-state index >= 15 is 0 Å². The molecule has 1 aliphatic rings. The molecule has 0 radical (unpaired) electrons. The van der Waals surface area contributed by atoms with Gasteiger partial charge < -0.3 is 4.90 Å². The molecule has 2 amide bonds. The van der Waals surface area contributed by atoms with Crippen LogP contribution < -0.4 is 9.80 Å². The van der Waals surface area contributed by atoms with Crippen LogP contribution >= 0.6 is 0 Å². The normalized spacial score (nSPS) is 13.4. The van der Waals surface area contributed by atoms with E-state index in [1.165, 1.54) is 11.8 Å². The van der Waals surface area contributed by atoms with Crippen molar-refractivity contribution in [1.82, 2.24) is 0 Å². The molecule has 1 saturated carbocycles. The van der Waals surface area contributed by atoms with Gasteiger partial charge in [-0.1, -0.05) is 24.3 Å². The molecule has 33 heavy (non-hydrogen) atoms. The Morgan fingerprint density at radius 3 is 2.09 bits per heavy atom. The molecule has 0 unspecified atom stereocenters. The zero-order chi connectivity index (χ0) is 23.6. The third-order valence-corrected chi connectivity index (χ3v) is 7.62. The molecule has 3 aromatic carbocycles. The lowest BCUT2D eigenvalue weighted by molar-refractivity contribution is -0.115. The van der Waals surface area contributed by atoms with E-state index in [1.807, 2.05) is 30.3 Å². The summed E-state index contributed by atoms with van der Waals surface area (Å²) in [6.45, 7) is 1.43. The van der Waals surface area contributed by atoms with Gasteiger partial charge in [-0.25, -0.2) is 8.42 Å². The van der Waals surface area contributed by atoms with Gasteiger partial charge in [-0.2, -0.15) is 0 Å². The third kappa shape index (κ3) is 5.14. The van der Waals surface area contributed by atoms with Gasteiger partial charge in [-0.15, -0.1) is 0 Å². The van der Waals surface area contributed by atoms with Crippen LogP contribution in [0.2, 0.25) is 0 Å². The van der Waals surface area contributed by atoms with Crippen molar-refractivity contribution in [3.63, 3.8) is 0 Å². The van der Waals surface area contributed by atoms with E-state index in [4.69, 9.17) is 0 Å². The maximum Gasteiger partial charge on any atom is 0.258 e. The molecule has 1 fully saturated rings. The highest BCUT2D eigenvalue weighted by atomic mass is 32.2. The summed E-state index contributed by atoms with van der Waals surface area (Å²) in [4.78, 5) is 28.8. The first-order valence-corrected chi connectivity index (χ1v) is 12.5. The number of hydrogen-bond donors (Lipinski definition) is 0. The van der Waals surface area contributed by atoms with E-state index < -0.39 is 9.84 Å². The molecule has 170 valence electrons. The minimum atomic E-state index is -3.33. The quantitative estimate of drug-likeness (QED) is 0.504. The number of hydrogen-bond acceptors (Lipinski definition) is 4. The summed E-state index contributed by atoms with van der Waals surface area (Å²) in [7, 11) is -1.63. The molecule has 0 bridgehead atoms. The van der Waals surface area contributed by atoms with Crippen molar-refractivity contribution in [2.24, 2.45) is 5.92 Å². The van der Waals surface area contributed by atoms with Crippen LogP contribution in [-0.2, 0) is 14.6 Å². The minimum Gasteiger partial charge on any atom is -0.311 e. The molecule has 4 rings (SSSR count). The first-order chi connectivity index (χ1) is 15.8. The van der Waals surface area contributed by atoms with Crippen LogP contribution in [0.3, 0.4) is 0 Å². The Morgan fingerprint density at radius 1 is 0.848 bits per heavy atom. The Bertz CT molecular complexity index is 1270. The first kappa shape index (κ1) is 22.7. The number of carbonyl (C=O) groups is 2. The van der Waals surface area contributed by atoms with E-state index in [2.05, 4.69) is 0 Å². The van der Waals surface area contributed by atoms with Crippen molar-refractivity contribution in [1.29, 1.82) is 0 Å². The van der Waals surface area contributed by atoms with Crippen LogP contribution in [0.4, 0.5) is 17.1 Å². The summed E-state index contributed by atoms with van der Waals surface area (Å²) >= 11 is 0. The Morgan fingerprint density at radius 2 is 1.48 bits per heavy atom. The zero-order valence-electron chi connectivity index (χ0n) is 18.6. The van der Waals surface area contributed by atoms with Crippen LogP contribution in [0, 0.1) is 5.92 Å². The molecule has 0 saturated heterocycles. The number of carbonyl (C=O) groups excluding carboxylic acids is 2. The Balaban J connectivity index is 1.61. The van der Waals surface area contributed by atoms with Gasteiger partial charge in [-0.3, -0.25) is 14.5 Å². The number of nitrogens with zero attached hydrogens (tertiary/aromatic N) is 2. The Kier molecular flexibility index (Phi) is 6.33. The van der Waals surface area contributed by atoms with Gasteiger partial charge in [0.05, 0.1) is 10.6 Å². The lowest BCUT2D eigenvalue weighted by Gasteiger charge is -2.23. The fourth-order valence-electron chi connectivity index (χ4n) is 3.75. The second-order valence-electron chi connectivity index (χ2n) is 8.32. The molecule has 6 nitrogen and oxygen atoms in total. The molecule has 7 heteroatoms. The predicted molar refractivity (Wildman–Crippen MR) is 130 cm³/mol. The predicted octanol–water partition coefficient (Wildman–Crippen LogP) is 4.83. The van der Waals surface area contributed by atoms with Crippen LogP contribution in [-0.4, -0.2) is 33.0 Å². The number of para-hydroxylation sites is 1. The molecule has 0 aliphatic heterocycles. The van der Waals surface area contributed by atoms with Crippen molar-refractivity contribution >= 4 is 38.7 Å². The summed E-state index contributed by atoms with van der Waals surface area (Å²) in [5.41, 5.74) is 2.27. The number of anilines is 3. The first-order valence-electron chi connectivity index (χ1n) is 10.8. The smallest absolute Gasteiger partial charge is 0.258 e. The van der Waals surface area contributed by atoms with Gasteiger partial charge in [0.15, 0.2) is 9.84 Å². The number of benzene rings is 3. The summed E-state index contributed by atoms with van der Waals surface area (Å²) < 4.78 is 25.1. The van der Waals surface area contributed by atoms with Gasteiger partial charge in [0.2, 0.25) is 5.91 Å². The Labute approximate surface area is 194 Å². The molecule has 0 N–H and O–H groups in total. The highest BCUT2D eigenvalue weighted by Gasteiger charge is 2.29. The second kappa shape index (κ2) is 9.19. The third-order valence-electron chi connectivity index (χ3n) is 5.72. The van der Waals surface area contributed by atoms with Gasteiger partial charge >= 0.3 is 0 Å². The summed E-state index contributed by atoms with van der Waals surface area (Å²) in [5.74, 6) is -0.0163. The van der Waals surface area contributed by atoms with E-state index in [-0.39, 0.29) is 28.4 Å². The molecule has 1 aliphatic carbocycles. The molecule has 0 heterocycles. The van der Waals surface area contributed by atoms with Gasteiger partial charge in [0, 0.05) is 36.6 Å². The standard InChI is InChI=1S/C26H26N2O4S/c1-19(29)28(23-13-15-25(16-14-23)33(31,32)18-20-11-12-20)24-10-6-7-21(17-24)26(30)27(2)22-8-4-3-5-9-22/h3-10,13-17,20H,11-12,18H2,1-2H3. The molecular weight excluding hydrogens is 436 g/mol. The highest BCUT2D eigenvalue weighted by molar-refractivity contribution is 7.91. The molecule has 0 spiro atoms. The topological polar surface area (TPSA) is 74.8 Å². The van der Waals surface area contributed by atoms with Gasteiger partial charge in [0.25, 0.3) is 5.91 Å². The molecule has 0 aromatic heterocycles. The fourth-order valence-corrected chi connectivity index (χ4v) is 5.44. The lowest BCUT2D eigenvalue weighted by Crippen LogP contribution is -2.27. The number of amides is 2. The van der Waals surface area contributed by atoms with E-state index in [9.17, 15) is 18.0 Å². The fraction of sp³-hybridized carbons (Fsp3) is 0.231. The van der Waals surface area contributed by atoms with Crippen LogP contribution in [0.25, 0.3) is 0 Å². The van der Waals surface area contributed by atoms with Crippen molar-refractivity contribution in [2.75, 3.05) is 22.6 Å². The SMILES string of the molecule is CC(=O)N(c1ccc(S(=O)(=O)CC2CC2)cc1)c1cccc(C(=O)N(C)c2ccccc2)c1. The van der Waals surface area contributed by atoms with Crippen molar-refractivity contribution in [3.05, 3.63) is 84.4 Å². The highest BCUT2D eigenvalue weighted by Crippen LogP contribution is 2.33. The van der Waals surface area contributed by atoms with E-state index in [1.54, 1.807) is 60.5 Å². The van der Waals surface area contributed by atoms with Crippen molar-refractivity contribution < 1.29 is 18.0 Å². The number of rotatable bonds is 7. The molecule has 3 aromatic rings. The lowest BCUT2D eigenvalue weighted by atomic mass is 10.1. The van der Waals surface area contributed by atoms with E-state index in [0.717, 1.165) is 18.5 Å². The van der Waals surface area contributed by atoms with Gasteiger partial charge in [0.1, 0.15) is 0 Å².